The van der Waals surface area contributed by atoms with Crippen LogP contribution < -0.4 is 5.73 Å². The lowest BCUT2D eigenvalue weighted by Crippen LogP contribution is -2.61. The number of aliphatic hydroxyl groups excluding tert-OH is 6. The summed E-state index contributed by atoms with van der Waals surface area (Å²) in [4.78, 5) is 32.0. The number of nitrogens with two attached hydrogens (primary N) is 1. The molecule has 2 aliphatic rings. The minimum atomic E-state index is -5.48. The molecule has 4 rings (SSSR count). The highest BCUT2D eigenvalue weighted by atomic mass is 32.5. The molecule has 2 aromatic rings. The average Bonchev–Trinajstić information content (AvgIpc) is 3.43. The minimum absolute atomic E-state index is 0.0265. The van der Waals surface area contributed by atoms with E-state index in [-0.39, 0.29) is 17.0 Å². The molecule has 5 unspecified atom stereocenters. The third-order valence-corrected chi connectivity index (χ3v) is 9.48. The van der Waals surface area contributed by atoms with Crippen LogP contribution in [0.25, 0.3) is 11.2 Å². The Morgan fingerprint density at radius 2 is 1.82 bits per heavy atom. The highest BCUT2D eigenvalue weighted by molar-refractivity contribution is 8.08. The first-order valence-electron chi connectivity index (χ1n) is 11.2. The number of anilines is 1. The molecule has 40 heavy (non-hydrogen) atoms. The molecule has 23 heteroatoms. The van der Waals surface area contributed by atoms with Crippen LogP contribution in [-0.4, -0.2) is 128 Å². The van der Waals surface area contributed by atoms with Crippen molar-refractivity contribution in [2.24, 2.45) is 0 Å². The van der Waals surface area contributed by atoms with Gasteiger partial charge >= 0.3 is 14.5 Å². The zero-order valence-corrected chi connectivity index (χ0v) is 22.5. The first-order chi connectivity index (χ1) is 18.7. The molecule has 2 aliphatic heterocycles. The normalized spacial score (nSPS) is 36.8. The maximum atomic E-state index is 14.8. The summed E-state index contributed by atoms with van der Waals surface area (Å²) in [6.07, 6.45) is -16.5. The Hall–Kier alpha value is -1.36. The van der Waals surface area contributed by atoms with Crippen molar-refractivity contribution in [1.82, 2.24) is 19.5 Å². The molecule has 19 nitrogen and oxygen atoms in total. The van der Waals surface area contributed by atoms with E-state index in [2.05, 4.69) is 35.6 Å². The SMILES string of the molecule is Nc1ncnc2c1ncn2[C@@H]1O[C@H](COP(O)(=S)OP(=O)(O)O[C@@H]2OC([C@H](O)CO)[C@@H](O)C(O)[C@H]2O)[C@H](F)C1O. The lowest BCUT2D eigenvalue weighted by molar-refractivity contribution is -0.292. The Kier molecular flexibility index (Phi) is 9.55. The van der Waals surface area contributed by atoms with E-state index in [0.717, 1.165) is 6.33 Å². The number of nitrogen functional groups attached to an aromatic ring is 1. The summed E-state index contributed by atoms with van der Waals surface area (Å²) in [6, 6.07) is 0. The number of rotatable bonds is 10. The molecule has 2 fully saturated rings. The topological polar surface area (TPSA) is 295 Å². The van der Waals surface area contributed by atoms with Crippen molar-refractivity contribution in [2.75, 3.05) is 18.9 Å². The van der Waals surface area contributed by atoms with Gasteiger partial charge in [0.15, 0.2) is 30.2 Å². The van der Waals surface area contributed by atoms with Crippen molar-refractivity contribution in [3.8, 4) is 0 Å². The predicted molar refractivity (Wildman–Crippen MR) is 129 cm³/mol. The molecule has 0 radical (unpaired) electrons. The first kappa shape index (κ1) is 31.6. The van der Waals surface area contributed by atoms with Crippen LogP contribution in [0.5, 0.6) is 0 Å². The van der Waals surface area contributed by atoms with E-state index >= 15 is 0 Å². The molecule has 4 heterocycles. The second kappa shape index (κ2) is 12.1. The lowest BCUT2D eigenvalue weighted by atomic mass is 9.96. The molecular weight excluding hydrogens is 611 g/mol. The molecule has 0 amide bonds. The van der Waals surface area contributed by atoms with Gasteiger partial charge in [-0.15, -0.1) is 0 Å². The maximum absolute atomic E-state index is 14.8. The maximum Gasteiger partial charge on any atom is 0.481 e. The number of phosphoric acid groups is 1. The van der Waals surface area contributed by atoms with Crippen molar-refractivity contribution >= 4 is 43.3 Å². The first-order valence-corrected chi connectivity index (χ1v) is 15.3. The fraction of sp³-hybridized carbons (Fsp3) is 0.706. The molecule has 0 bridgehead atoms. The summed E-state index contributed by atoms with van der Waals surface area (Å²) in [5.41, 5.74) is 6.00. The van der Waals surface area contributed by atoms with Crippen molar-refractivity contribution in [3.63, 3.8) is 0 Å². The number of aliphatic hydroxyl groups is 6. The Balaban J connectivity index is 1.38. The Bertz CT molecular complexity index is 1300. The van der Waals surface area contributed by atoms with E-state index in [1.807, 2.05) is 0 Å². The number of fused-ring (bicyclic) bond motifs is 1. The van der Waals surface area contributed by atoms with Crippen LogP contribution in [0.4, 0.5) is 10.2 Å². The van der Waals surface area contributed by atoms with Crippen molar-refractivity contribution in [3.05, 3.63) is 12.7 Å². The Labute approximate surface area is 228 Å². The van der Waals surface area contributed by atoms with E-state index < -0.39 is 89.2 Å². The van der Waals surface area contributed by atoms with Crippen LogP contribution in [0.1, 0.15) is 6.23 Å². The van der Waals surface area contributed by atoms with Crippen LogP contribution in [0, 0.1) is 0 Å². The third kappa shape index (κ3) is 6.50. The van der Waals surface area contributed by atoms with Gasteiger partial charge in [0.1, 0.15) is 54.6 Å². The van der Waals surface area contributed by atoms with E-state index in [9.17, 15) is 44.3 Å². The highest BCUT2D eigenvalue weighted by Crippen LogP contribution is 2.61. The molecule has 0 saturated carbocycles. The summed E-state index contributed by atoms with van der Waals surface area (Å²) in [7, 11) is -5.48. The number of hydrogen-bond donors (Lipinski definition) is 9. The number of imidazole rings is 1. The van der Waals surface area contributed by atoms with Gasteiger partial charge in [0.25, 0.3) is 0 Å². The monoisotopic (exact) mass is 637 g/mol. The van der Waals surface area contributed by atoms with Gasteiger partial charge in [-0.3, -0.25) is 9.09 Å². The summed E-state index contributed by atoms with van der Waals surface area (Å²) >= 11 is 4.66. The Morgan fingerprint density at radius 3 is 2.50 bits per heavy atom. The fourth-order valence-electron chi connectivity index (χ4n) is 3.98. The van der Waals surface area contributed by atoms with Crippen LogP contribution in [0.3, 0.4) is 0 Å². The number of ether oxygens (including phenoxy) is 2. The number of halogens is 1. The second-order valence-electron chi connectivity index (χ2n) is 8.69. The largest absolute Gasteiger partial charge is 0.481 e. The average molecular weight is 637 g/mol. The van der Waals surface area contributed by atoms with Crippen LogP contribution in [-0.2, 0) is 39.2 Å². The summed E-state index contributed by atoms with van der Waals surface area (Å²) in [6.45, 7) is -6.56. The van der Waals surface area contributed by atoms with E-state index in [1.54, 1.807) is 0 Å². The summed E-state index contributed by atoms with van der Waals surface area (Å²) < 4.78 is 52.9. The van der Waals surface area contributed by atoms with E-state index in [1.165, 1.54) is 10.9 Å². The quantitative estimate of drug-likeness (QED) is 0.114. The zero-order chi connectivity index (χ0) is 29.6. The zero-order valence-electron chi connectivity index (χ0n) is 19.9. The lowest BCUT2D eigenvalue weighted by Gasteiger charge is -2.41. The molecule has 0 aliphatic carbocycles. The second-order valence-corrected chi connectivity index (χ2v) is 13.1. The van der Waals surface area contributed by atoms with Crippen LogP contribution in [0.15, 0.2) is 12.7 Å². The molecule has 226 valence electrons. The number of phosphoric ester groups is 1. The van der Waals surface area contributed by atoms with Crippen LogP contribution >= 0.6 is 14.5 Å². The number of nitrogens with zero attached hydrogens (tertiary/aromatic N) is 4. The smallest absolute Gasteiger partial charge is 0.394 e. The highest BCUT2D eigenvalue weighted by Gasteiger charge is 2.50. The van der Waals surface area contributed by atoms with Gasteiger partial charge < -0.3 is 60.2 Å². The van der Waals surface area contributed by atoms with Gasteiger partial charge in [-0.2, -0.15) is 0 Å². The van der Waals surface area contributed by atoms with Gasteiger partial charge in [-0.25, -0.2) is 28.2 Å². The van der Waals surface area contributed by atoms with Crippen molar-refractivity contribution < 1.29 is 72.2 Å². The minimum Gasteiger partial charge on any atom is -0.394 e. The van der Waals surface area contributed by atoms with Crippen LogP contribution in [0.2, 0.25) is 0 Å². The predicted octanol–water partition coefficient (Wildman–Crippen LogP) is -3.47. The summed E-state index contributed by atoms with van der Waals surface area (Å²) in [5, 5.41) is 59.0. The fourth-order valence-corrected chi connectivity index (χ4v) is 7.08. The molecule has 2 aromatic heterocycles. The number of alkyl halides is 1. The van der Waals surface area contributed by atoms with Gasteiger partial charge in [-0.05, 0) is 11.8 Å². The summed E-state index contributed by atoms with van der Waals surface area (Å²) in [5.74, 6) is 0.0265. The molecule has 12 atom stereocenters. The molecule has 0 spiro atoms. The van der Waals surface area contributed by atoms with Gasteiger partial charge in [0.2, 0.25) is 0 Å². The van der Waals surface area contributed by atoms with E-state index in [0.29, 0.717) is 0 Å². The molecular formula is C17H26FN5O14P2S. The molecule has 10 N–H and O–H groups in total. The number of hydrogen-bond acceptors (Lipinski definition) is 17. The van der Waals surface area contributed by atoms with Gasteiger partial charge in [0, 0.05) is 0 Å². The van der Waals surface area contributed by atoms with Crippen molar-refractivity contribution in [1.29, 1.82) is 0 Å². The van der Waals surface area contributed by atoms with E-state index in [4.69, 9.17) is 24.8 Å². The third-order valence-electron chi connectivity index (χ3n) is 5.97. The number of aromatic nitrogens is 4. The molecule has 0 aromatic carbocycles. The van der Waals surface area contributed by atoms with Crippen molar-refractivity contribution in [2.45, 2.75) is 61.4 Å². The Morgan fingerprint density at radius 1 is 1.12 bits per heavy atom. The standard InChI is InChI=1S/C17H26FN5O14P2S/c18-7-6(34-16(9(7)26)23-4-22-8-14(19)20-3-21-15(8)23)2-33-39(32,40)37-38(30,31)36-17-12(29)10(27)11(28)13(35-17)5(25)1-24/h3-7,9-13,16-17,24-29H,1-2H2,(H,30,31)(H,32,40)(H2,19,20,21)/t5-,6-,7+,9?,10?,11+,12-,13?,16-,17+,39?/m1/s1. The molecule has 2 saturated heterocycles. The van der Waals surface area contributed by atoms with Gasteiger partial charge in [-0.1, -0.05) is 0 Å². The van der Waals surface area contributed by atoms with Gasteiger partial charge in [0.05, 0.1) is 19.5 Å².